The Hall–Kier alpha value is -1.72. The number of carbonyl (C=O) groups excluding carboxylic acids is 1. The number of halogens is 1. The van der Waals surface area contributed by atoms with Crippen LogP contribution in [0.3, 0.4) is 0 Å². The van der Waals surface area contributed by atoms with Crippen molar-refractivity contribution in [2.24, 2.45) is 13.0 Å². The van der Waals surface area contributed by atoms with E-state index < -0.39 is 10.0 Å². The molecular formula is C17H25BrN6O3S. The Labute approximate surface area is 173 Å². The van der Waals surface area contributed by atoms with Gasteiger partial charge in [-0.25, -0.2) is 8.42 Å². The second kappa shape index (κ2) is 8.34. The molecule has 0 aliphatic carbocycles. The Kier molecular flexibility index (Phi) is 6.25. The van der Waals surface area contributed by atoms with Gasteiger partial charge in [-0.3, -0.25) is 14.2 Å². The number of hydrogen-bond acceptors (Lipinski definition) is 5. The van der Waals surface area contributed by atoms with Gasteiger partial charge in [-0.1, -0.05) is 0 Å². The second-order valence-corrected chi connectivity index (χ2v) is 9.65. The number of piperidine rings is 1. The normalized spacial score (nSPS) is 18.4. The molecule has 1 unspecified atom stereocenters. The van der Waals surface area contributed by atoms with Crippen LogP contribution in [-0.4, -0.2) is 51.3 Å². The topological polar surface area (TPSA) is 102 Å². The summed E-state index contributed by atoms with van der Waals surface area (Å²) in [6, 6.07) is 0. The van der Waals surface area contributed by atoms with Gasteiger partial charge in [-0.15, -0.1) is 0 Å². The summed E-state index contributed by atoms with van der Waals surface area (Å²) in [7, 11) is -1.96. The Bertz CT molecular complexity index is 968. The van der Waals surface area contributed by atoms with Crippen LogP contribution in [0.2, 0.25) is 0 Å². The fourth-order valence-electron chi connectivity index (χ4n) is 3.40. The number of nitrogens with one attached hydrogen (secondary N) is 1. The van der Waals surface area contributed by atoms with Crippen LogP contribution in [-0.2, 0) is 35.0 Å². The fourth-order valence-corrected chi connectivity index (χ4v) is 5.54. The average molecular weight is 473 g/mol. The minimum Gasteiger partial charge on any atom is -0.350 e. The highest BCUT2D eigenvalue weighted by Gasteiger charge is 2.35. The molecule has 3 heterocycles. The van der Waals surface area contributed by atoms with Crippen molar-refractivity contribution in [1.29, 1.82) is 0 Å². The Balaban J connectivity index is 1.68. The summed E-state index contributed by atoms with van der Waals surface area (Å²) in [5.41, 5.74) is 1.48. The molecule has 1 aliphatic heterocycles. The molecule has 11 heteroatoms. The molecule has 0 aromatic carbocycles. The largest absolute Gasteiger partial charge is 0.350 e. The van der Waals surface area contributed by atoms with Crippen LogP contribution in [0.25, 0.3) is 0 Å². The number of nitrogens with zero attached hydrogens (tertiary/aromatic N) is 5. The lowest BCUT2D eigenvalue weighted by molar-refractivity contribution is -0.126. The van der Waals surface area contributed by atoms with Crippen LogP contribution in [0.1, 0.15) is 31.2 Å². The fraction of sp³-hybridized carbons (Fsp3) is 0.588. The number of hydrogen-bond donors (Lipinski definition) is 1. The first-order valence-electron chi connectivity index (χ1n) is 9.22. The molecular weight excluding hydrogens is 448 g/mol. The van der Waals surface area contributed by atoms with Crippen LogP contribution < -0.4 is 5.32 Å². The van der Waals surface area contributed by atoms with Crippen molar-refractivity contribution in [2.75, 3.05) is 13.1 Å². The summed E-state index contributed by atoms with van der Waals surface area (Å²) < 4.78 is 31.6. The summed E-state index contributed by atoms with van der Waals surface area (Å²) in [5.74, 6) is -0.518. The summed E-state index contributed by atoms with van der Waals surface area (Å²) in [6.07, 6.45) is 4.39. The first kappa shape index (κ1) is 21.0. The van der Waals surface area contributed by atoms with Crippen molar-refractivity contribution in [3.63, 3.8) is 0 Å². The minimum absolute atomic E-state index is 0.140. The molecule has 1 saturated heterocycles. The molecule has 28 heavy (non-hydrogen) atoms. The van der Waals surface area contributed by atoms with E-state index in [0.29, 0.717) is 38.2 Å². The standard InChI is InChI=1S/C17H25BrN6O3S/c1-4-24-15(14(18)8-21-24)9-19-17(25)13-6-5-7-23(11-13)28(26,27)16-10-20-22(3)12(16)2/h8,10,13H,4-7,9,11H2,1-3H3,(H,19,25). The number of sulfonamides is 1. The first-order valence-corrected chi connectivity index (χ1v) is 11.5. The maximum atomic E-state index is 13.0. The van der Waals surface area contributed by atoms with Gasteiger partial charge in [0.25, 0.3) is 0 Å². The van der Waals surface area contributed by atoms with Crippen LogP contribution in [0, 0.1) is 12.8 Å². The monoisotopic (exact) mass is 472 g/mol. The van der Waals surface area contributed by atoms with E-state index in [1.165, 1.54) is 15.2 Å². The zero-order chi connectivity index (χ0) is 20.5. The maximum Gasteiger partial charge on any atom is 0.246 e. The van der Waals surface area contributed by atoms with Crippen molar-refractivity contribution >= 4 is 31.9 Å². The van der Waals surface area contributed by atoms with Gasteiger partial charge in [-0.2, -0.15) is 14.5 Å². The number of aromatic nitrogens is 4. The van der Waals surface area contributed by atoms with E-state index >= 15 is 0 Å². The molecule has 1 amide bonds. The molecule has 0 saturated carbocycles. The third-order valence-corrected chi connectivity index (χ3v) is 7.82. The Morgan fingerprint density at radius 1 is 1.36 bits per heavy atom. The summed E-state index contributed by atoms with van der Waals surface area (Å²) in [5, 5.41) is 11.2. The van der Waals surface area contributed by atoms with Gasteiger partial charge in [0.15, 0.2) is 0 Å². The zero-order valence-corrected chi connectivity index (χ0v) is 18.6. The molecule has 154 valence electrons. The van der Waals surface area contributed by atoms with Crippen LogP contribution in [0.15, 0.2) is 21.8 Å². The van der Waals surface area contributed by atoms with E-state index in [0.717, 1.165) is 10.2 Å². The van der Waals surface area contributed by atoms with E-state index in [4.69, 9.17) is 0 Å². The molecule has 9 nitrogen and oxygen atoms in total. The van der Waals surface area contributed by atoms with Gasteiger partial charge in [0.05, 0.1) is 40.7 Å². The van der Waals surface area contributed by atoms with Crippen molar-refractivity contribution in [3.05, 3.63) is 28.3 Å². The summed E-state index contributed by atoms with van der Waals surface area (Å²) in [4.78, 5) is 12.9. The van der Waals surface area contributed by atoms with E-state index in [2.05, 4.69) is 31.4 Å². The van der Waals surface area contributed by atoms with E-state index in [-0.39, 0.29) is 23.3 Å². The Morgan fingerprint density at radius 3 is 2.75 bits per heavy atom. The highest BCUT2D eigenvalue weighted by Crippen LogP contribution is 2.25. The minimum atomic E-state index is -3.67. The highest BCUT2D eigenvalue weighted by atomic mass is 79.9. The van der Waals surface area contributed by atoms with Gasteiger partial charge < -0.3 is 5.32 Å². The van der Waals surface area contributed by atoms with Crippen molar-refractivity contribution < 1.29 is 13.2 Å². The third kappa shape index (κ3) is 4.01. The SMILES string of the molecule is CCn1ncc(Br)c1CNC(=O)C1CCCN(S(=O)(=O)c2cnn(C)c2C)C1. The smallest absolute Gasteiger partial charge is 0.246 e. The number of amides is 1. The lowest BCUT2D eigenvalue weighted by Crippen LogP contribution is -2.45. The molecule has 1 fully saturated rings. The van der Waals surface area contributed by atoms with Gasteiger partial charge >= 0.3 is 0 Å². The predicted octanol–water partition coefficient (Wildman–Crippen LogP) is 1.42. The highest BCUT2D eigenvalue weighted by molar-refractivity contribution is 9.10. The molecule has 1 N–H and O–H groups in total. The molecule has 0 radical (unpaired) electrons. The quantitative estimate of drug-likeness (QED) is 0.684. The average Bonchev–Trinajstić information content (AvgIpc) is 3.22. The van der Waals surface area contributed by atoms with Crippen LogP contribution in [0.5, 0.6) is 0 Å². The maximum absolute atomic E-state index is 13.0. The number of rotatable bonds is 6. The van der Waals surface area contributed by atoms with Crippen molar-refractivity contribution in [3.8, 4) is 0 Å². The lowest BCUT2D eigenvalue weighted by atomic mass is 9.99. The molecule has 1 aliphatic rings. The van der Waals surface area contributed by atoms with Gasteiger partial charge in [-0.05, 0) is 42.6 Å². The third-order valence-electron chi connectivity index (χ3n) is 5.19. The Morgan fingerprint density at radius 2 is 2.11 bits per heavy atom. The van der Waals surface area contributed by atoms with Crippen molar-refractivity contribution in [1.82, 2.24) is 29.2 Å². The first-order chi connectivity index (χ1) is 13.3. The summed E-state index contributed by atoms with van der Waals surface area (Å²) >= 11 is 3.44. The van der Waals surface area contributed by atoms with Gasteiger partial charge in [0, 0.05) is 26.7 Å². The molecule has 3 rings (SSSR count). The van der Waals surface area contributed by atoms with Crippen molar-refractivity contribution in [2.45, 2.75) is 44.7 Å². The van der Waals surface area contributed by atoms with E-state index in [1.54, 1.807) is 20.2 Å². The molecule has 0 bridgehead atoms. The predicted molar refractivity (Wildman–Crippen MR) is 107 cm³/mol. The lowest BCUT2D eigenvalue weighted by Gasteiger charge is -2.31. The van der Waals surface area contributed by atoms with Gasteiger partial charge in [0.2, 0.25) is 15.9 Å². The molecule has 2 aromatic heterocycles. The molecule has 1 atom stereocenters. The van der Waals surface area contributed by atoms with E-state index in [9.17, 15) is 13.2 Å². The summed E-state index contributed by atoms with van der Waals surface area (Å²) in [6.45, 7) is 5.35. The molecule has 2 aromatic rings. The van der Waals surface area contributed by atoms with Gasteiger partial charge in [0.1, 0.15) is 4.90 Å². The van der Waals surface area contributed by atoms with E-state index in [1.807, 2.05) is 11.6 Å². The second-order valence-electron chi connectivity index (χ2n) is 6.89. The van der Waals surface area contributed by atoms with Crippen LogP contribution in [0.4, 0.5) is 0 Å². The van der Waals surface area contributed by atoms with Crippen LogP contribution >= 0.6 is 15.9 Å². The zero-order valence-electron chi connectivity index (χ0n) is 16.2. The number of carbonyl (C=O) groups is 1. The number of aryl methyl sites for hydroxylation is 2. The molecule has 0 spiro atoms.